The summed E-state index contributed by atoms with van der Waals surface area (Å²) in [5.41, 5.74) is 1.05. The normalized spacial score (nSPS) is 11.5. The van der Waals surface area contributed by atoms with E-state index in [1.807, 2.05) is 24.3 Å². The number of hydrogen-bond acceptors (Lipinski definition) is 3. The highest BCUT2D eigenvalue weighted by molar-refractivity contribution is 6.18. The summed E-state index contributed by atoms with van der Waals surface area (Å²) in [6.07, 6.45) is -0.777. The van der Waals surface area contributed by atoms with Gasteiger partial charge in [0.15, 0.2) is 0 Å². The van der Waals surface area contributed by atoms with Crippen LogP contribution < -0.4 is 4.74 Å². The summed E-state index contributed by atoms with van der Waals surface area (Å²) in [5.74, 6) is 6.20. The van der Waals surface area contributed by atoms with Crippen molar-refractivity contribution in [3.8, 4) is 17.6 Å². The van der Waals surface area contributed by atoms with Gasteiger partial charge in [-0.25, -0.2) is 0 Å². The zero-order chi connectivity index (χ0) is 12.5. The van der Waals surface area contributed by atoms with Crippen LogP contribution in [0.4, 0.5) is 0 Å². The van der Waals surface area contributed by atoms with Crippen LogP contribution in [0.15, 0.2) is 24.3 Å². The number of aliphatic hydroxyl groups is 1. The van der Waals surface area contributed by atoms with E-state index in [9.17, 15) is 0 Å². The van der Waals surface area contributed by atoms with Gasteiger partial charge in [-0.05, 0) is 17.7 Å². The minimum Gasteiger partial charge on any atom is -0.497 e. The highest BCUT2D eigenvalue weighted by Crippen LogP contribution is 2.11. The van der Waals surface area contributed by atoms with E-state index in [1.165, 1.54) is 0 Å². The molecule has 0 heterocycles. The fraction of sp³-hybridized carbons (Fsp3) is 0.385. The van der Waals surface area contributed by atoms with Crippen molar-refractivity contribution >= 4 is 11.6 Å². The smallest absolute Gasteiger partial charge is 0.128 e. The average Bonchev–Trinajstić information content (AvgIpc) is 2.38. The largest absolute Gasteiger partial charge is 0.497 e. The van der Waals surface area contributed by atoms with Crippen LogP contribution in [-0.2, 0) is 11.3 Å². The highest BCUT2D eigenvalue weighted by Gasteiger charge is 1.95. The van der Waals surface area contributed by atoms with Gasteiger partial charge in [-0.2, -0.15) is 0 Å². The number of hydrogen-bond donors (Lipinski definition) is 1. The maximum atomic E-state index is 9.06. The fourth-order valence-corrected chi connectivity index (χ4v) is 1.22. The Labute approximate surface area is 106 Å². The van der Waals surface area contributed by atoms with Crippen LogP contribution >= 0.6 is 11.6 Å². The van der Waals surface area contributed by atoms with Crippen LogP contribution in [0.1, 0.15) is 5.56 Å². The van der Waals surface area contributed by atoms with Crippen molar-refractivity contribution in [1.82, 2.24) is 0 Å². The molecule has 1 N–H and O–H groups in total. The molecule has 0 spiro atoms. The molecule has 1 atom stereocenters. The van der Waals surface area contributed by atoms with Crippen molar-refractivity contribution in [3.63, 3.8) is 0 Å². The molecule has 0 unspecified atom stereocenters. The van der Waals surface area contributed by atoms with Gasteiger partial charge in [0.25, 0.3) is 0 Å². The zero-order valence-electron chi connectivity index (χ0n) is 9.65. The molecule has 0 bridgehead atoms. The lowest BCUT2D eigenvalue weighted by molar-refractivity contribution is 0.153. The molecule has 0 aliphatic rings. The molecule has 1 rings (SSSR count). The standard InChI is InChI=1S/C13H15ClO3/c1-16-13-6-4-11(5-7-13)10-17-8-2-3-12(15)9-14/h4-7,12,15H,8-10H2,1H3/t12-/m0/s1. The minimum atomic E-state index is -0.777. The molecule has 1 aromatic rings. The summed E-state index contributed by atoms with van der Waals surface area (Å²) in [5, 5.41) is 9.06. The van der Waals surface area contributed by atoms with Crippen molar-refractivity contribution < 1.29 is 14.6 Å². The molecule has 0 aromatic heterocycles. The first-order valence-electron chi connectivity index (χ1n) is 5.19. The van der Waals surface area contributed by atoms with E-state index in [4.69, 9.17) is 26.2 Å². The average molecular weight is 255 g/mol. The van der Waals surface area contributed by atoms with Crippen molar-refractivity contribution in [2.45, 2.75) is 12.7 Å². The van der Waals surface area contributed by atoms with E-state index < -0.39 is 6.10 Å². The first kappa shape index (κ1) is 13.9. The SMILES string of the molecule is COc1ccc(COCC#C[C@H](O)CCl)cc1. The molecule has 4 heteroatoms. The van der Waals surface area contributed by atoms with E-state index in [0.29, 0.717) is 6.61 Å². The second-order valence-corrected chi connectivity index (χ2v) is 3.64. The quantitative estimate of drug-likeness (QED) is 0.495. The Morgan fingerprint density at radius 2 is 2.06 bits per heavy atom. The van der Waals surface area contributed by atoms with Crippen LogP contribution in [0, 0.1) is 11.8 Å². The van der Waals surface area contributed by atoms with E-state index >= 15 is 0 Å². The van der Waals surface area contributed by atoms with Gasteiger partial charge in [-0.3, -0.25) is 0 Å². The summed E-state index contributed by atoms with van der Waals surface area (Å²) in [7, 11) is 1.63. The predicted molar refractivity (Wildman–Crippen MR) is 67.2 cm³/mol. The third kappa shape index (κ3) is 5.60. The predicted octanol–water partition coefficient (Wildman–Crippen LogP) is 1.81. The van der Waals surface area contributed by atoms with Crippen LogP contribution in [-0.4, -0.2) is 30.8 Å². The van der Waals surface area contributed by atoms with Gasteiger partial charge in [-0.15, -0.1) is 11.6 Å². The van der Waals surface area contributed by atoms with Gasteiger partial charge in [0, 0.05) is 0 Å². The summed E-state index contributed by atoms with van der Waals surface area (Å²) >= 11 is 5.38. The lowest BCUT2D eigenvalue weighted by atomic mass is 10.2. The monoisotopic (exact) mass is 254 g/mol. The molecule has 0 radical (unpaired) electrons. The summed E-state index contributed by atoms with van der Waals surface area (Å²) in [4.78, 5) is 0. The molecule has 0 saturated carbocycles. The van der Waals surface area contributed by atoms with Gasteiger partial charge in [0.2, 0.25) is 0 Å². The molecule has 0 fully saturated rings. The second-order valence-electron chi connectivity index (χ2n) is 3.33. The fourth-order valence-electron chi connectivity index (χ4n) is 1.14. The van der Waals surface area contributed by atoms with E-state index in [2.05, 4.69) is 11.8 Å². The van der Waals surface area contributed by atoms with Crippen molar-refractivity contribution in [1.29, 1.82) is 0 Å². The zero-order valence-corrected chi connectivity index (χ0v) is 10.4. The molecule has 0 saturated heterocycles. The lowest BCUT2D eigenvalue weighted by Crippen LogP contribution is -2.04. The first-order valence-corrected chi connectivity index (χ1v) is 5.73. The highest BCUT2D eigenvalue weighted by atomic mass is 35.5. The number of aliphatic hydroxyl groups excluding tert-OH is 1. The van der Waals surface area contributed by atoms with Crippen molar-refractivity contribution in [3.05, 3.63) is 29.8 Å². The maximum absolute atomic E-state index is 9.06. The topological polar surface area (TPSA) is 38.7 Å². The summed E-state index contributed by atoms with van der Waals surface area (Å²) in [6, 6.07) is 7.61. The van der Waals surface area contributed by atoms with Crippen molar-refractivity contribution in [2.75, 3.05) is 19.6 Å². The Morgan fingerprint density at radius 3 is 2.65 bits per heavy atom. The number of rotatable bonds is 5. The van der Waals surface area contributed by atoms with E-state index in [0.717, 1.165) is 11.3 Å². The number of halogens is 1. The Bertz CT molecular complexity index is 378. The van der Waals surface area contributed by atoms with E-state index in [1.54, 1.807) is 7.11 Å². The molecule has 17 heavy (non-hydrogen) atoms. The summed E-state index contributed by atoms with van der Waals surface area (Å²) in [6.45, 7) is 0.760. The maximum Gasteiger partial charge on any atom is 0.128 e. The first-order chi connectivity index (χ1) is 8.26. The molecule has 3 nitrogen and oxygen atoms in total. The Kier molecular flexibility index (Phi) is 6.49. The third-order valence-corrected chi connectivity index (χ3v) is 2.31. The van der Waals surface area contributed by atoms with Crippen LogP contribution in [0.25, 0.3) is 0 Å². The number of ether oxygens (including phenoxy) is 2. The molecule has 0 aliphatic carbocycles. The molecular formula is C13H15ClO3. The Balaban J connectivity index is 2.27. The van der Waals surface area contributed by atoms with E-state index in [-0.39, 0.29) is 12.5 Å². The van der Waals surface area contributed by atoms with Crippen LogP contribution in [0.3, 0.4) is 0 Å². The van der Waals surface area contributed by atoms with Crippen molar-refractivity contribution in [2.24, 2.45) is 0 Å². The van der Waals surface area contributed by atoms with Gasteiger partial charge in [-0.1, -0.05) is 24.0 Å². The van der Waals surface area contributed by atoms with Gasteiger partial charge in [0.05, 0.1) is 19.6 Å². The van der Waals surface area contributed by atoms with Crippen LogP contribution in [0.2, 0.25) is 0 Å². The Morgan fingerprint density at radius 1 is 1.35 bits per heavy atom. The lowest BCUT2D eigenvalue weighted by Gasteiger charge is -2.02. The molecule has 92 valence electrons. The van der Waals surface area contributed by atoms with Gasteiger partial charge in [0.1, 0.15) is 18.5 Å². The molecule has 0 aliphatic heterocycles. The summed E-state index contributed by atoms with van der Waals surface area (Å²) < 4.78 is 10.4. The van der Waals surface area contributed by atoms with Gasteiger partial charge >= 0.3 is 0 Å². The van der Waals surface area contributed by atoms with Gasteiger partial charge < -0.3 is 14.6 Å². The minimum absolute atomic E-state index is 0.117. The number of benzene rings is 1. The number of alkyl halides is 1. The van der Waals surface area contributed by atoms with Crippen LogP contribution in [0.5, 0.6) is 5.75 Å². The molecule has 0 amide bonds. The molecule has 1 aromatic carbocycles. The third-order valence-electron chi connectivity index (χ3n) is 2.02. The number of methoxy groups -OCH3 is 1. The molecular weight excluding hydrogens is 240 g/mol. The second kappa shape index (κ2) is 7.97. The Hall–Kier alpha value is -1.21.